The average Bonchev–Trinajstić information content (AvgIpc) is 2.84. The Morgan fingerprint density at radius 1 is 1.41 bits per heavy atom. The molecule has 1 atom stereocenters. The van der Waals surface area contributed by atoms with Crippen LogP contribution in [0.3, 0.4) is 0 Å². The van der Waals surface area contributed by atoms with Crippen molar-refractivity contribution < 1.29 is 0 Å². The zero-order valence-electron chi connectivity index (χ0n) is 9.41. The lowest BCUT2D eigenvalue weighted by Crippen LogP contribution is -2.17. The first kappa shape index (κ1) is 13.1. The molecule has 1 aromatic heterocycles. The van der Waals surface area contributed by atoms with E-state index in [4.69, 9.17) is 11.6 Å². The van der Waals surface area contributed by atoms with Gasteiger partial charge in [-0.3, -0.25) is 0 Å². The molecular formula is C13H13BrClNS. The molecule has 90 valence electrons. The third kappa shape index (κ3) is 3.55. The Labute approximate surface area is 119 Å². The van der Waals surface area contributed by atoms with E-state index in [-0.39, 0.29) is 0 Å². The van der Waals surface area contributed by atoms with Crippen LogP contribution in [0.2, 0.25) is 5.02 Å². The Morgan fingerprint density at radius 2 is 2.24 bits per heavy atom. The lowest BCUT2D eigenvalue weighted by molar-refractivity contribution is 0.583. The Kier molecular flexibility index (Phi) is 4.62. The molecule has 0 saturated carbocycles. The van der Waals surface area contributed by atoms with Crippen molar-refractivity contribution in [2.24, 2.45) is 0 Å². The lowest BCUT2D eigenvalue weighted by Gasteiger charge is -2.12. The smallest absolute Gasteiger partial charge is 0.0551 e. The molecule has 0 amide bonds. The molecule has 0 aliphatic rings. The average molecular weight is 331 g/mol. The van der Waals surface area contributed by atoms with E-state index in [1.807, 2.05) is 12.1 Å². The molecule has 0 aliphatic carbocycles. The monoisotopic (exact) mass is 329 g/mol. The molecule has 0 spiro atoms. The SMILES string of the molecule is CC(NCc1ccc(Br)c(Cl)c1)c1cccs1. The van der Waals surface area contributed by atoms with Crippen LogP contribution in [0.25, 0.3) is 0 Å². The van der Waals surface area contributed by atoms with Crippen molar-refractivity contribution in [1.29, 1.82) is 0 Å². The number of rotatable bonds is 4. The first-order chi connectivity index (χ1) is 8.16. The summed E-state index contributed by atoms with van der Waals surface area (Å²) in [5, 5.41) is 6.34. The fourth-order valence-corrected chi connectivity index (χ4v) is 2.77. The van der Waals surface area contributed by atoms with Gasteiger partial charge in [0.25, 0.3) is 0 Å². The minimum absolute atomic E-state index is 0.373. The molecule has 2 aromatic rings. The third-order valence-electron chi connectivity index (χ3n) is 2.57. The minimum atomic E-state index is 0.373. The summed E-state index contributed by atoms with van der Waals surface area (Å²) in [6.45, 7) is 3.00. The highest BCUT2D eigenvalue weighted by Gasteiger charge is 2.06. The van der Waals surface area contributed by atoms with E-state index in [0.29, 0.717) is 6.04 Å². The summed E-state index contributed by atoms with van der Waals surface area (Å²) in [6, 6.07) is 10.6. The van der Waals surface area contributed by atoms with E-state index >= 15 is 0 Å². The highest BCUT2D eigenvalue weighted by atomic mass is 79.9. The quantitative estimate of drug-likeness (QED) is 0.830. The first-order valence-corrected chi connectivity index (χ1v) is 7.42. The van der Waals surface area contributed by atoms with Crippen LogP contribution in [0.1, 0.15) is 23.4 Å². The van der Waals surface area contributed by atoms with Gasteiger partial charge in [0.1, 0.15) is 0 Å². The van der Waals surface area contributed by atoms with Crippen molar-refractivity contribution in [3.63, 3.8) is 0 Å². The van der Waals surface area contributed by atoms with Crippen LogP contribution in [0.4, 0.5) is 0 Å². The van der Waals surface area contributed by atoms with E-state index in [2.05, 4.69) is 51.7 Å². The largest absolute Gasteiger partial charge is 0.305 e. The molecule has 2 rings (SSSR count). The van der Waals surface area contributed by atoms with Crippen molar-refractivity contribution in [2.75, 3.05) is 0 Å². The standard InChI is InChI=1S/C13H13BrClNS/c1-9(13-3-2-6-17-13)16-8-10-4-5-11(14)12(15)7-10/h2-7,9,16H,8H2,1H3. The highest BCUT2D eigenvalue weighted by Crippen LogP contribution is 2.24. The second-order valence-corrected chi connectivity index (χ2v) is 6.11. The Bertz CT molecular complexity index is 484. The predicted octanol–water partition coefficient (Wildman–Crippen LogP) is 5.01. The van der Waals surface area contributed by atoms with Crippen LogP contribution in [-0.2, 0) is 6.54 Å². The number of benzene rings is 1. The third-order valence-corrected chi connectivity index (χ3v) is 4.85. The number of thiophene rings is 1. The van der Waals surface area contributed by atoms with Gasteiger partial charge < -0.3 is 5.32 Å². The van der Waals surface area contributed by atoms with Crippen LogP contribution in [0.15, 0.2) is 40.2 Å². The summed E-state index contributed by atoms with van der Waals surface area (Å²) in [4.78, 5) is 1.35. The number of nitrogens with one attached hydrogen (secondary N) is 1. The highest BCUT2D eigenvalue weighted by molar-refractivity contribution is 9.10. The molecule has 0 aliphatic heterocycles. The Balaban J connectivity index is 1.96. The molecular weight excluding hydrogens is 318 g/mol. The summed E-state index contributed by atoms with van der Waals surface area (Å²) in [5.41, 5.74) is 1.20. The van der Waals surface area contributed by atoms with Gasteiger partial charge in [0, 0.05) is 21.9 Å². The maximum absolute atomic E-state index is 6.06. The lowest BCUT2D eigenvalue weighted by atomic mass is 10.2. The van der Waals surface area contributed by atoms with Crippen LogP contribution in [-0.4, -0.2) is 0 Å². The van der Waals surface area contributed by atoms with Gasteiger partial charge in [0.2, 0.25) is 0 Å². The number of hydrogen-bond donors (Lipinski definition) is 1. The van der Waals surface area contributed by atoms with Crippen LogP contribution in [0.5, 0.6) is 0 Å². The van der Waals surface area contributed by atoms with E-state index in [1.54, 1.807) is 11.3 Å². The fourth-order valence-electron chi connectivity index (χ4n) is 1.56. The molecule has 0 radical (unpaired) electrons. The summed E-state index contributed by atoms with van der Waals surface area (Å²) in [7, 11) is 0. The summed E-state index contributed by atoms with van der Waals surface area (Å²) < 4.78 is 0.939. The molecule has 1 heterocycles. The second-order valence-electron chi connectivity index (χ2n) is 3.87. The molecule has 0 saturated heterocycles. The zero-order valence-corrected chi connectivity index (χ0v) is 12.6. The van der Waals surface area contributed by atoms with E-state index in [9.17, 15) is 0 Å². The van der Waals surface area contributed by atoms with Gasteiger partial charge in [-0.15, -0.1) is 11.3 Å². The van der Waals surface area contributed by atoms with Gasteiger partial charge in [-0.2, -0.15) is 0 Å². The predicted molar refractivity (Wildman–Crippen MR) is 78.7 cm³/mol. The summed E-state index contributed by atoms with van der Waals surface area (Å²) in [6.07, 6.45) is 0. The molecule has 17 heavy (non-hydrogen) atoms. The van der Waals surface area contributed by atoms with Crippen molar-refractivity contribution in [3.05, 3.63) is 55.6 Å². The zero-order chi connectivity index (χ0) is 12.3. The van der Waals surface area contributed by atoms with Gasteiger partial charge in [-0.25, -0.2) is 0 Å². The second kappa shape index (κ2) is 6.01. The van der Waals surface area contributed by atoms with Gasteiger partial charge in [0.05, 0.1) is 5.02 Å². The topological polar surface area (TPSA) is 12.0 Å². The van der Waals surface area contributed by atoms with Crippen LogP contribution < -0.4 is 5.32 Å². The maximum atomic E-state index is 6.06. The summed E-state index contributed by atoms with van der Waals surface area (Å²) in [5.74, 6) is 0. The first-order valence-electron chi connectivity index (χ1n) is 5.37. The molecule has 0 bridgehead atoms. The molecule has 4 heteroatoms. The molecule has 1 N–H and O–H groups in total. The van der Waals surface area contributed by atoms with Crippen LogP contribution in [0, 0.1) is 0 Å². The minimum Gasteiger partial charge on any atom is -0.305 e. The van der Waals surface area contributed by atoms with E-state index in [1.165, 1.54) is 10.4 Å². The van der Waals surface area contributed by atoms with Gasteiger partial charge in [-0.1, -0.05) is 23.7 Å². The van der Waals surface area contributed by atoms with Gasteiger partial charge in [0.15, 0.2) is 0 Å². The van der Waals surface area contributed by atoms with Crippen molar-refractivity contribution in [2.45, 2.75) is 19.5 Å². The molecule has 1 unspecified atom stereocenters. The maximum Gasteiger partial charge on any atom is 0.0551 e. The van der Waals surface area contributed by atoms with Crippen molar-refractivity contribution >= 4 is 38.9 Å². The van der Waals surface area contributed by atoms with Gasteiger partial charge in [-0.05, 0) is 52.0 Å². The molecule has 1 aromatic carbocycles. The van der Waals surface area contributed by atoms with E-state index < -0.39 is 0 Å². The molecule has 1 nitrogen and oxygen atoms in total. The summed E-state index contributed by atoms with van der Waals surface area (Å²) >= 11 is 11.2. The van der Waals surface area contributed by atoms with Crippen LogP contribution >= 0.6 is 38.9 Å². The fraction of sp³-hybridized carbons (Fsp3) is 0.231. The van der Waals surface area contributed by atoms with E-state index in [0.717, 1.165) is 16.0 Å². The number of hydrogen-bond acceptors (Lipinski definition) is 2. The van der Waals surface area contributed by atoms with Crippen molar-refractivity contribution in [3.8, 4) is 0 Å². The van der Waals surface area contributed by atoms with Crippen molar-refractivity contribution in [1.82, 2.24) is 5.32 Å². The normalized spacial score (nSPS) is 12.6. The Hall–Kier alpha value is -0.350. The molecule has 0 fully saturated rings. The number of halogens is 2. The Morgan fingerprint density at radius 3 is 2.88 bits per heavy atom. The van der Waals surface area contributed by atoms with Gasteiger partial charge >= 0.3 is 0 Å².